The predicted molar refractivity (Wildman–Crippen MR) is 65.1 cm³/mol. The van der Waals surface area contributed by atoms with Crippen LogP contribution in [0.1, 0.15) is 27.7 Å². The molecule has 0 N–H and O–H groups in total. The van der Waals surface area contributed by atoms with E-state index in [4.69, 9.17) is 0 Å². The average Bonchev–Trinajstić information content (AvgIpc) is 2.21. The Morgan fingerprint density at radius 1 is 0.941 bits per heavy atom. The van der Waals surface area contributed by atoms with Gasteiger partial charge in [0, 0.05) is 32.7 Å². The van der Waals surface area contributed by atoms with E-state index in [0.717, 1.165) is 19.6 Å². The van der Waals surface area contributed by atoms with Crippen molar-refractivity contribution in [2.75, 3.05) is 39.3 Å². The van der Waals surface area contributed by atoms with E-state index in [1.54, 1.807) is 0 Å². The van der Waals surface area contributed by atoms with Crippen molar-refractivity contribution in [3.63, 3.8) is 0 Å². The smallest absolute Gasteiger partial charge is 0.301 e. The van der Waals surface area contributed by atoms with E-state index in [-0.39, 0.29) is 0 Å². The molecular weight excluding hydrogens is 229 g/mol. The van der Waals surface area contributed by atoms with Crippen LogP contribution < -0.4 is 0 Å². The molecule has 1 rings (SSSR count). The summed E-state index contributed by atoms with van der Waals surface area (Å²) in [6, 6.07) is 0. The highest BCUT2D eigenvalue weighted by Gasteiger charge is 2.31. The molecule has 0 aromatic rings. The van der Waals surface area contributed by atoms with Crippen LogP contribution in [0.4, 0.5) is 13.2 Å². The molecule has 0 atom stereocenters. The van der Waals surface area contributed by atoms with Gasteiger partial charge in [-0.1, -0.05) is 27.7 Å². The summed E-state index contributed by atoms with van der Waals surface area (Å²) in [6.45, 7) is 11.1. The van der Waals surface area contributed by atoms with E-state index in [2.05, 4.69) is 18.7 Å². The summed E-state index contributed by atoms with van der Waals surface area (Å²) in [6.07, 6.45) is -4.06. The summed E-state index contributed by atoms with van der Waals surface area (Å²) in [5, 5.41) is 0. The van der Waals surface area contributed by atoms with Crippen molar-refractivity contribution in [3.05, 3.63) is 0 Å². The van der Waals surface area contributed by atoms with Crippen molar-refractivity contribution < 1.29 is 13.2 Å². The van der Waals surface area contributed by atoms with Crippen LogP contribution in [-0.4, -0.2) is 55.2 Å². The third kappa shape index (κ3) is 8.44. The van der Waals surface area contributed by atoms with E-state index in [1.165, 1.54) is 4.90 Å². The fourth-order valence-corrected chi connectivity index (χ4v) is 1.90. The second kappa shape index (κ2) is 7.93. The lowest BCUT2D eigenvalue weighted by atomic mass is 10.2. The van der Waals surface area contributed by atoms with Gasteiger partial charge in [0.15, 0.2) is 0 Å². The SMILES string of the molecule is CC.CC(C)CN1CCN(CC(F)(F)F)CC1. The monoisotopic (exact) mass is 254 g/mol. The zero-order valence-corrected chi connectivity index (χ0v) is 11.3. The standard InChI is InChI=1S/C10H19F3N2.C2H6/c1-9(2)7-14-3-5-15(6-4-14)8-10(11,12)13;1-2/h9H,3-8H2,1-2H3;1-2H3. The first-order valence-electron chi connectivity index (χ1n) is 6.38. The summed E-state index contributed by atoms with van der Waals surface area (Å²) < 4.78 is 36.3. The lowest BCUT2D eigenvalue weighted by molar-refractivity contribution is -0.149. The fourth-order valence-electron chi connectivity index (χ4n) is 1.90. The minimum atomic E-state index is -4.06. The molecule has 0 aliphatic carbocycles. The molecule has 104 valence electrons. The Hall–Kier alpha value is -0.290. The maximum absolute atomic E-state index is 12.1. The summed E-state index contributed by atoms with van der Waals surface area (Å²) in [7, 11) is 0. The summed E-state index contributed by atoms with van der Waals surface area (Å²) in [4.78, 5) is 3.72. The molecule has 0 spiro atoms. The number of halogens is 3. The van der Waals surface area contributed by atoms with Gasteiger partial charge in [-0.15, -0.1) is 0 Å². The topological polar surface area (TPSA) is 6.48 Å². The Balaban J connectivity index is 0.00000121. The maximum Gasteiger partial charge on any atom is 0.401 e. The van der Waals surface area contributed by atoms with Gasteiger partial charge < -0.3 is 4.90 Å². The highest BCUT2D eigenvalue weighted by atomic mass is 19.4. The zero-order valence-electron chi connectivity index (χ0n) is 11.3. The Morgan fingerprint density at radius 3 is 1.71 bits per heavy atom. The molecule has 17 heavy (non-hydrogen) atoms. The molecule has 1 aliphatic heterocycles. The van der Waals surface area contributed by atoms with E-state index in [0.29, 0.717) is 19.0 Å². The number of hydrogen-bond acceptors (Lipinski definition) is 2. The molecule has 1 heterocycles. The Kier molecular flexibility index (Phi) is 7.79. The quantitative estimate of drug-likeness (QED) is 0.764. The lowest BCUT2D eigenvalue weighted by Gasteiger charge is -2.35. The molecule has 0 radical (unpaired) electrons. The largest absolute Gasteiger partial charge is 0.401 e. The summed E-state index contributed by atoms with van der Waals surface area (Å²) in [5.41, 5.74) is 0. The van der Waals surface area contributed by atoms with Crippen LogP contribution in [0, 0.1) is 5.92 Å². The fraction of sp³-hybridized carbons (Fsp3) is 1.00. The van der Waals surface area contributed by atoms with Crippen molar-refractivity contribution in [2.24, 2.45) is 5.92 Å². The number of rotatable bonds is 3. The number of hydrogen-bond donors (Lipinski definition) is 0. The van der Waals surface area contributed by atoms with Gasteiger partial charge in [0.1, 0.15) is 0 Å². The van der Waals surface area contributed by atoms with Gasteiger partial charge in [-0.05, 0) is 5.92 Å². The lowest BCUT2D eigenvalue weighted by Crippen LogP contribution is -2.49. The van der Waals surface area contributed by atoms with E-state index < -0.39 is 12.7 Å². The third-order valence-corrected chi connectivity index (χ3v) is 2.49. The second-order valence-electron chi connectivity index (χ2n) is 4.59. The molecule has 1 fully saturated rings. The van der Waals surface area contributed by atoms with Crippen LogP contribution in [0.25, 0.3) is 0 Å². The normalized spacial score (nSPS) is 19.1. The highest BCUT2D eigenvalue weighted by Crippen LogP contribution is 2.17. The minimum absolute atomic E-state index is 0.534. The maximum atomic E-state index is 12.1. The summed E-state index contributed by atoms with van der Waals surface area (Å²) >= 11 is 0. The van der Waals surface area contributed by atoms with Crippen molar-refractivity contribution >= 4 is 0 Å². The van der Waals surface area contributed by atoms with Crippen LogP contribution in [0.3, 0.4) is 0 Å². The zero-order chi connectivity index (χ0) is 13.5. The molecule has 5 heteroatoms. The van der Waals surface area contributed by atoms with Crippen LogP contribution in [0.15, 0.2) is 0 Å². The third-order valence-electron chi connectivity index (χ3n) is 2.49. The van der Waals surface area contributed by atoms with Gasteiger partial charge >= 0.3 is 6.18 Å². The van der Waals surface area contributed by atoms with Gasteiger partial charge in [-0.25, -0.2) is 0 Å². The molecule has 1 saturated heterocycles. The van der Waals surface area contributed by atoms with Crippen LogP contribution in [0.5, 0.6) is 0 Å². The minimum Gasteiger partial charge on any atom is -0.301 e. The van der Waals surface area contributed by atoms with Crippen molar-refractivity contribution in [3.8, 4) is 0 Å². The first kappa shape index (κ1) is 16.7. The predicted octanol–water partition coefficient (Wildman–Crippen LogP) is 2.85. The molecule has 0 unspecified atom stereocenters. The Labute approximate surface area is 103 Å². The molecule has 0 aromatic carbocycles. The Morgan fingerprint density at radius 2 is 1.35 bits per heavy atom. The van der Waals surface area contributed by atoms with Crippen LogP contribution in [-0.2, 0) is 0 Å². The number of nitrogens with zero attached hydrogens (tertiary/aromatic N) is 2. The molecule has 1 aliphatic rings. The molecule has 0 aromatic heterocycles. The van der Waals surface area contributed by atoms with Crippen molar-refractivity contribution in [1.82, 2.24) is 9.80 Å². The first-order valence-corrected chi connectivity index (χ1v) is 6.38. The van der Waals surface area contributed by atoms with Gasteiger partial charge in [0.25, 0.3) is 0 Å². The summed E-state index contributed by atoms with van der Waals surface area (Å²) in [5.74, 6) is 0.583. The van der Waals surface area contributed by atoms with E-state index in [1.807, 2.05) is 13.8 Å². The van der Waals surface area contributed by atoms with Crippen LogP contribution in [0.2, 0.25) is 0 Å². The van der Waals surface area contributed by atoms with E-state index >= 15 is 0 Å². The van der Waals surface area contributed by atoms with Crippen molar-refractivity contribution in [1.29, 1.82) is 0 Å². The van der Waals surface area contributed by atoms with Crippen molar-refractivity contribution in [2.45, 2.75) is 33.9 Å². The number of alkyl halides is 3. The highest BCUT2D eigenvalue weighted by molar-refractivity contribution is 4.74. The molecule has 0 saturated carbocycles. The van der Waals surface area contributed by atoms with Crippen LogP contribution >= 0.6 is 0 Å². The van der Waals surface area contributed by atoms with Gasteiger partial charge in [-0.2, -0.15) is 13.2 Å². The molecule has 0 amide bonds. The van der Waals surface area contributed by atoms with Gasteiger partial charge in [-0.3, -0.25) is 4.90 Å². The second-order valence-corrected chi connectivity index (χ2v) is 4.59. The molecule has 0 bridgehead atoms. The van der Waals surface area contributed by atoms with Gasteiger partial charge in [0.05, 0.1) is 6.54 Å². The van der Waals surface area contributed by atoms with Gasteiger partial charge in [0.2, 0.25) is 0 Å². The molecular formula is C12H25F3N2. The first-order chi connectivity index (χ1) is 7.87. The Bertz CT molecular complexity index is 185. The van der Waals surface area contributed by atoms with E-state index in [9.17, 15) is 13.2 Å². The molecule has 2 nitrogen and oxygen atoms in total. The average molecular weight is 254 g/mol. The number of piperazine rings is 1.